The van der Waals surface area contributed by atoms with E-state index in [0.717, 1.165) is 4.31 Å². The van der Waals surface area contributed by atoms with Crippen LogP contribution in [-0.4, -0.2) is 69.8 Å². The predicted molar refractivity (Wildman–Crippen MR) is 89.0 cm³/mol. The monoisotopic (exact) mass is 355 g/mol. The number of hydrogen-bond donors (Lipinski definition) is 3. The third-order valence-electron chi connectivity index (χ3n) is 3.58. The van der Waals surface area contributed by atoms with Gasteiger partial charge in [-0.1, -0.05) is 0 Å². The van der Waals surface area contributed by atoms with Crippen molar-refractivity contribution in [3.05, 3.63) is 23.8 Å². The molecule has 2 rings (SSSR count). The van der Waals surface area contributed by atoms with E-state index in [0.29, 0.717) is 19.6 Å². The van der Waals surface area contributed by atoms with E-state index in [4.69, 9.17) is 5.73 Å². The Morgan fingerprint density at radius 1 is 1.38 bits per heavy atom. The molecular weight excluding hydrogens is 334 g/mol. The molecule has 1 aromatic carbocycles. The van der Waals surface area contributed by atoms with Gasteiger partial charge < -0.3 is 21.3 Å². The SMILES string of the molecule is CN(C)S(=O)(=O)c1cc(N)cc(C(=O)NCCN2CCNC2=O)c1. The third-order valence-corrected chi connectivity index (χ3v) is 5.37. The molecule has 24 heavy (non-hydrogen) atoms. The van der Waals surface area contributed by atoms with Crippen LogP contribution in [0.1, 0.15) is 10.4 Å². The van der Waals surface area contributed by atoms with Crippen molar-refractivity contribution >= 4 is 27.6 Å². The first-order valence-corrected chi connectivity index (χ1v) is 8.80. The second-order valence-corrected chi connectivity index (χ2v) is 7.70. The van der Waals surface area contributed by atoms with Crippen LogP contribution in [0.15, 0.2) is 23.1 Å². The number of nitrogens with one attached hydrogen (secondary N) is 2. The maximum atomic E-state index is 12.2. The fraction of sp³-hybridized carbons (Fsp3) is 0.429. The van der Waals surface area contributed by atoms with Crippen LogP contribution in [0.5, 0.6) is 0 Å². The molecule has 1 saturated heterocycles. The Morgan fingerprint density at radius 2 is 2.08 bits per heavy atom. The molecule has 0 saturated carbocycles. The summed E-state index contributed by atoms with van der Waals surface area (Å²) in [5, 5.41) is 5.32. The molecule has 1 heterocycles. The molecule has 0 aromatic heterocycles. The number of sulfonamides is 1. The lowest BCUT2D eigenvalue weighted by atomic mass is 10.2. The first-order valence-electron chi connectivity index (χ1n) is 7.36. The molecule has 0 bridgehead atoms. The number of amides is 3. The molecule has 1 aliphatic heterocycles. The lowest BCUT2D eigenvalue weighted by Crippen LogP contribution is -2.36. The number of nitrogen functional groups attached to an aromatic ring is 1. The zero-order valence-corrected chi connectivity index (χ0v) is 14.4. The van der Waals surface area contributed by atoms with Crippen molar-refractivity contribution < 1.29 is 18.0 Å². The Labute approximate surface area is 140 Å². The highest BCUT2D eigenvalue weighted by Crippen LogP contribution is 2.19. The van der Waals surface area contributed by atoms with Gasteiger partial charge in [-0.3, -0.25) is 4.79 Å². The average Bonchev–Trinajstić information content (AvgIpc) is 2.91. The van der Waals surface area contributed by atoms with Gasteiger partial charge in [-0.05, 0) is 18.2 Å². The Kier molecular flexibility index (Phi) is 5.30. The molecule has 9 nitrogen and oxygen atoms in total. The average molecular weight is 355 g/mol. The van der Waals surface area contributed by atoms with Gasteiger partial charge in [0.1, 0.15) is 0 Å². The zero-order valence-electron chi connectivity index (χ0n) is 13.6. The minimum absolute atomic E-state index is 0.0448. The van der Waals surface area contributed by atoms with Crippen LogP contribution in [-0.2, 0) is 10.0 Å². The highest BCUT2D eigenvalue weighted by Gasteiger charge is 2.21. The van der Waals surface area contributed by atoms with E-state index in [9.17, 15) is 18.0 Å². The summed E-state index contributed by atoms with van der Waals surface area (Å²) in [4.78, 5) is 25.1. The van der Waals surface area contributed by atoms with Crippen molar-refractivity contribution in [3.63, 3.8) is 0 Å². The topological polar surface area (TPSA) is 125 Å². The van der Waals surface area contributed by atoms with Crippen molar-refractivity contribution in [1.29, 1.82) is 0 Å². The lowest BCUT2D eigenvalue weighted by molar-refractivity contribution is 0.0950. The van der Waals surface area contributed by atoms with E-state index >= 15 is 0 Å². The molecule has 0 unspecified atom stereocenters. The number of nitrogens with two attached hydrogens (primary N) is 1. The smallest absolute Gasteiger partial charge is 0.317 e. The van der Waals surface area contributed by atoms with Crippen molar-refractivity contribution in [2.75, 3.05) is 46.0 Å². The molecule has 132 valence electrons. The molecule has 0 atom stereocenters. The summed E-state index contributed by atoms with van der Waals surface area (Å²) in [6, 6.07) is 3.84. The fourth-order valence-corrected chi connectivity index (χ4v) is 3.23. The molecule has 10 heteroatoms. The number of nitrogens with zero attached hydrogens (tertiary/aromatic N) is 2. The first kappa shape index (κ1) is 18.0. The summed E-state index contributed by atoms with van der Waals surface area (Å²) >= 11 is 0. The van der Waals surface area contributed by atoms with E-state index < -0.39 is 15.9 Å². The minimum Gasteiger partial charge on any atom is -0.399 e. The van der Waals surface area contributed by atoms with Crippen LogP contribution in [0.3, 0.4) is 0 Å². The second-order valence-electron chi connectivity index (χ2n) is 5.55. The van der Waals surface area contributed by atoms with Gasteiger partial charge in [-0.25, -0.2) is 17.5 Å². The van der Waals surface area contributed by atoms with Gasteiger partial charge in [0.25, 0.3) is 5.91 Å². The number of carbonyl (C=O) groups excluding carboxylic acids is 2. The van der Waals surface area contributed by atoms with Crippen molar-refractivity contribution in [1.82, 2.24) is 19.8 Å². The first-order chi connectivity index (χ1) is 11.2. The maximum Gasteiger partial charge on any atom is 0.317 e. The number of benzene rings is 1. The lowest BCUT2D eigenvalue weighted by Gasteiger charge is -2.15. The number of hydrogen-bond acceptors (Lipinski definition) is 5. The van der Waals surface area contributed by atoms with Crippen LogP contribution in [0.25, 0.3) is 0 Å². The van der Waals surface area contributed by atoms with E-state index in [2.05, 4.69) is 10.6 Å². The Balaban J connectivity index is 2.06. The summed E-state index contributed by atoms with van der Waals surface area (Å²) in [5.74, 6) is -0.447. The van der Waals surface area contributed by atoms with Crippen molar-refractivity contribution in [2.45, 2.75) is 4.90 Å². The van der Waals surface area contributed by atoms with Crippen molar-refractivity contribution in [2.24, 2.45) is 0 Å². The van der Waals surface area contributed by atoms with E-state index in [-0.39, 0.29) is 28.7 Å². The Bertz CT molecular complexity index is 748. The molecule has 1 aromatic rings. The van der Waals surface area contributed by atoms with Gasteiger partial charge in [0.2, 0.25) is 10.0 Å². The fourth-order valence-electron chi connectivity index (χ4n) is 2.24. The molecule has 0 radical (unpaired) electrons. The maximum absolute atomic E-state index is 12.2. The quantitative estimate of drug-likeness (QED) is 0.581. The number of rotatable bonds is 6. The highest BCUT2D eigenvalue weighted by molar-refractivity contribution is 7.89. The number of anilines is 1. The van der Waals surface area contributed by atoms with Gasteiger partial charge >= 0.3 is 6.03 Å². The summed E-state index contributed by atoms with van der Waals surface area (Å²) in [7, 11) is -0.880. The van der Waals surface area contributed by atoms with E-state index in [1.807, 2.05) is 0 Å². The summed E-state index contributed by atoms with van der Waals surface area (Å²) in [6.45, 7) is 1.82. The van der Waals surface area contributed by atoms with E-state index in [1.165, 1.54) is 32.3 Å². The van der Waals surface area contributed by atoms with Crippen LogP contribution in [0.2, 0.25) is 0 Å². The normalized spacial score (nSPS) is 14.8. The van der Waals surface area contributed by atoms with Crippen LogP contribution in [0.4, 0.5) is 10.5 Å². The molecule has 0 spiro atoms. The second kappa shape index (κ2) is 7.05. The number of carbonyl (C=O) groups is 2. The predicted octanol–water partition coefficient (Wildman–Crippen LogP) is -0.726. The summed E-state index contributed by atoms with van der Waals surface area (Å²) < 4.78 is 25.4. The molecule has 1 fully saturated rings. The molecule has 4 N–H and O–H groups in total. The Hall–Kier alpha value is -2.33. The highest BCUT2D eigenvalue weighted by atomic mass is 32.2. The molecule has 3 amide bonds. The van der Waals surface area contributed by atoms with Crippen LogP contribution < -0.4 is 16.4 Å². The van der Waals surface area contributed by atoms with Gasteiger partial charge in [0.05, 0.1) is 4.90 Å². The van der Waals surface area contributed by atoms with Crippen LogP contribution >= 0.6 is 0 Å². The van der Waals surface area contributed by atoms with Gasteiger partial charge in [-0.2, -0.15) is 0 Å². The molecule has 0 aliphatic carbocycles. The van der Waals surface area contributed by atoms with Crippen LogP contribution in [0, 0.1) is 0 Å². The Morgan fingerprint density at radius 3 is 2.67 bits per heavy atom. The standard InChI is InChI=1S/C14H21N5O4S/c1-18(2)24(22,23)12-8-10(7-11(15)9-12)13(20)16-3-5-19-6-4-17-14(19)21/h7-9H,3-6,15H2,1-2H3,(H,16,20)(H,17,21). The third kappa shape index (κ3) is 3.95. The summed E-state index contributed by atoms with van der Waals surface area (Å²) in [6.07, 6.45) is 0. The largest absolute Gasteiger partial charge is 0.399 e. The molecular formula is C14H21N5O4S. The van der Waals surface area contributed by atoms with E-state index in [1.54, 1.807) is 4.90 Å². The van der Waals surface area contributed by atoms with Gasteiger partial charge in [0.15, 0.2) is 0 Å². The zero-order chi connectivity index (χ0) is 17.9. The van der Waals surface area contributed by atoms with Gasteiger partial charge in [0, 0.05) is 51.5 Å². The molecule has 1 aliphatic rings. The van der Waals surface area contributed by atoms with Gasteiger partial charge in [-0.15, -0.1) is 0 Å². The van der Waals surface area contributed by atoms with Crippen molar-refractivity contribution in [3.8, 4) is 0 Å². The minimum atomic E-state index is -3.68. The summed E-state index contributed by atoms with van der Waals surface area (Å²) in [5.41, 5.74) is 6.05. The number of urea groups is 1.